The summed E-state index contributed by atoms with van der Waals surface area (Å²) < 4.78 is 5.15. The molecule has 152 valence electrons. The van der Waals surface area contributed by atoms with Crippen molar-refractivity contribution in [2.24, 2.45) is 0 Å². The van der Waals surface area contributed by atoms with Crippen molar-refractivity contribution in [3.63, 3.8) is 0 Å². The van der Waals surface area contributed by atoms with Gasteiger partial charge in [-0.1, -0.05) is 6.07 Å². The summed E-state index contributed by atoms with van der Waals surface area (Å²) in [7, 11) is 1.55. The fourth-order valence-electron chi connectivity index (χ4n) is 3.08. The number of phenols is 1. The van der Waals surface area contributed by atoms with Crippen molar-refractivity contribution < 1.29 is 24.2 Å². The van der Waals surface area contributed by atoms with Crippen molar-refractivity contribution in [1.82, 2.24) is 15.1 Å². The average Bonchev–Trinajstić information content (AvgIpc) is 2.77. The molecule has 1 fully saturated rings. The lowest BCUT2D eigenvalue weighted by Crippen LogP contribution is -2.52. The Bertz CT molecular complexity index is 889. The second-order valence-corrected chi connectivity index (χ2v) is 6.63. The number of carbonyl (C=O) groups is 3. The predicted octanol–water partition coefficient (Wildman–Crippen LogP) is 1.12. The lowest BCUT2D eigenvalue weighted by atomic mass is 10.1. The van der Waals surface area contributed by atoms with Crippen molar-refractivity contribution in [3.05, 3.63) is 59.7 Å². The van der Waals surface area contributed by atoms with Crippen LogP contribution >= 0.6 is 0 Å². The van der Waals surface area contributed by atoms with E-state index in [0.717, 1.165) is 0 Å². The molecule has 0 aliphatic carbocycles. The van der Waals surface area contributed by atoms with E-state index in [-0.39, 0.29) is 30.0 Å². The highest BCUT2D eigenvalue weighted by Gasteiger charge is 2.25. The van der Waals surface area contributed by atoms with Gasteiger partial charge < -0.3 is 25.0 Å². The summed E-state index contributed by atoms with van der Waals surface area (Å²) in [5.74, 6) is 0.000420. The molecule has 3 amide bonds. The molecule has 8 heteroatoms. The molecule has 3 rings (SSSR count). The van der Waals surface area contributed by atoms with Crippen LogP contribution in [0, 0.1) is 0 Å². The monoisotopic (exact) mass is 397 g/mol. The van der Waals surface area contributed by atoms with Crippen LogP contribution in [0.2, 0.25) is 0 Å². The van der Waals surface area contributed by atoms with E-state index in [1.165, 1.54) is 24.3 Å². The molecule has 8 nitrogen and oxygen atoms in total. The fourth-order valence-corrected chi connectivity index (χ4v) is 3.08. The number of nitrogens with zero attached hydrogens (tertiary/aromatic N) is 2. The SMILES string of the molecule is COc1cccc(C(=O)N2CCN(C(=O)CNC(=O)c3ccc(O)cc3)CC2)c1. The highest BCUT2D eigenvalue weighted by molar-refractivity contribution is 5.97. The zero-order valence-corrected chi connectivity index (χ0v) is 16.1. The number of hydrogen-bond acceptors (Lipinski definition) is 5. The molecule has 1 aliphatic rings. The average molecular weight is 397 g/mol. The first-order chi connectivity index (χ1) is 14.0. The number of carbonyl (C=O) groups excluding carboxylic acids is 3. The van der Waals surface area contributed by atoms with Crippen LogP contribution in [0.4, 0.5) is 0 Å². The largest absolute Gasteiger partial charge is 0.508 e. The van der Waals surface area contributed by atoms with Crippen LogP contribution in [-0.2, 0) is 4.79 Å². The third kappa shape index (κ3) is 5.04. The van der Waals surface area contributed by atoms with Crippen LogP contribution in [0.3, 0.4) is 0 Å². The Hall–Kier alpha value is -3.55. The Labute approximate surface area is 168 Å². The number of nitrogens with one attached hydrogen (secondary N) is 1. The maximum absolute atomic E-state index is 12.6. The third-order valence-corrected chi connectivity index (χ3v) is 4.77. The Morgan fingerprint density at radius 3 is 2.28 bits per heavy atom. The number of benzene rings is 2. The first-order valence-corrected chi connectivity index (χ1v) is 9.26. The van der Waals surface area contributed by atoms with E-state index in [2.05, 4.69) is 5.32 Å². The van der Waals surface area contributed by atoms with Crippen molar-refractivity contribution in [2.75, 3.05) is 39.8 Å². The van der Waals surface area contributed by atoms with Crippen molar-refractivity contribution in [3.8, 4) is 11.5 Å². The van der Waals surface area contributed by atoms with Gasteiger partial charge in [-0.05, 0) is 42.5 Å². The van der Waals surface area contributed by atoms with E-state index >= 15 is 0 Å². The summed E-state index contributed by atoms with van der Waals surface area (Å²) in [6.07, 6.45) is 0. The second-order valence-electron chi connectivity index (χ2n) is 6.63. The van der Waals surface area contributed by atoms with Gasteiger partial charge in [-0.25, -0.2) is 0 Å². The molecule has 1 aliphatic heterocycles. The minimum Gasteiger partial charge on any atom is -0.508 e. The second kappa shape index (κ2) is 9.09. The molecule has 29 heavy (non-hydrogen) atoms. The van der Waals surface area contributed by atoms with Crippen LogP contribution in [0.25, 0.3) is 0 Å². The van der Waals surface area contributed by atoms with Crippen LogP contribution in [-0.4, -0.2) is 72.5 Å². The van der Waals surface area contributed by atoms with E-state index in [4.69, 9.17) is 4.74 Å². The van der Waals surface area contributed by atoms with Crippen LogP contribution < -0.4 is 10.1 Å². The van der Waals surface area contributed by atoms with Crippen LogP contribution in [0.1, 0.15) is 20.7 Å². The molecule has 1 heterocycles. The lowest BCUT2D eigenvalue weighted by Gasteiger charge is -2.35. The standard InChI is InChI=1S/C21H23N3O5/c1-29-18-4-2-3-16(13-18)21(28)24-11-9-23(10-12-24)19(26)14-22-20(27)15-5-7-17(25)8-6-15/h2-8,13,25H,9-12,14H2,1H3,(H,22,27). The van der Waals surface area contributed by atoms with Gasteiger partial charge in [-0.3, -0.25) is 14.4 Å². The minimum absolute atomic E-state index is 0.0685. The van der Waals surface area contributed by atoms with Gasteiger partial charge in [-0.15, -0.1) is 0 Å². The Balaban J connectivity index is 1.48. The smallest absolute Gasteiger partial charge is 0.254 e. The molecule has 0 atom stereocenters. The number of phenolic OH excluding ortho intramolecular Hbond substituents is 1. The summed E-state index contributed by atoms with van der Waals surface area (Å²) in [6, 6.07) is 12.8. The third-order valence-electron chi connectivity index (χ3n) is 4.77. The van der Waals surface area contributed by atoms with Gasteiger partial charge in [0.15, 0.2) is 0 Å². The molecule has 0 radical (unpaired) electrons. The van der Waals surface area contributed by atoms with Gasteiger partial charge in [0.2, 0.25) is 5.91 Å². The topological polar surface area (TPSA) is 99.2 Å². The highest BCUT2D eigenvalue weighted by Crippen LogP contribution is 2.15. The number of methoxy groups -OCH3 is 1. The van der Waals surface area contributed by atoms with Gasteiger partial charge in [-0.2, -0.15) is 0 Å². The Kier molecular flexibility index (Phi) is 6.33. The molecular weight excluding hydrogens is 374 g/mol. The summed E-state index contributed by atoms with van der Waals surface area (Å²) in [6.45, 7) is 1.54. The first kappa shape index (κ1) is 20.2. The molecule has 2 aromatic carbocycles. The molecule has 0 bridgehead atoms. The van der Waals surface area contributed by atoms with Gasteiger partial charge in [0.1, 0.15) is 11.5 Å². The predicted molar refractivity (Wildman–Crippen MR) is 106 cm³/mol. The normalized spacial score (nSPS) is 13.7. The molecule has 2 N–H and O–H groups in total. The molecule has 1 saturated heterocycles. The first-order valence-electron chi connectivity index (χ1n) is 9.26. The Morgan fingerprint density at radius 1 is 0.966 bits per heavy atom. The number of piperazine rings is 1. The summed E-state index contributed by atoms with van der Waals surface area (Å²) >= 11 is 0. The van der Waals surface area contributed by atoms with Gasteiger partial charge in [0, 0.05) is 37.3 Å². The maximum Gasteiger partial charge on any atom is 0.254 e. The quantitative estimate of drug-likeness (QED) is 0.788. The van der Waals surface area contributed by atoms with Crippen LogP contribution in [0.15, 0.2) is 48.5 Å². The fraction of sp³-hybridized carbons (Fsp3) is 0.286. The maximum atomic E-state index is 12.6. The lowest BCUT2D eigenvalue weighted by molar-refractivity contribution is -0.131. The molecule has 0 aromatic heterocycles. The zero-order chi connectivity index (χ0) is 20.8. The van der Waals surface area contributed by atoms with Crippen LogP contribution in [0.5, 0.6) is 11.5 Å². The Morgan fingerprint density at radius 2 is 1.62 bits per heavy atom. The summed E-state index contributed by atoms with van der Waals surface area (Å²) in [4.78, 5) is 40.4. The molecule has 0 spiro atoms. The number of rotatable bonds is 5. The van der Waals surface area contributed by atoms with Gasteiger partial charge >= 0.3 is 0 Å². The minimum atomic E-state index is -0.384. The van der Waals surface area contributed by atoms with Crippen molar-refractivity contribution in [1.29, 1.82) is 0 Å². The zero-order valence-electron chi connectivity index (χ0n) is 16.1. The van der Waals surface area contributed by atoms with E-state index in [0.29, 0.717) is 43.1 Å². The molecule has 2 aromatic rings. The number of aromatic hydroxyl groups is 1. The number of hydrogen-bond donors (Lipinski definition) is 2. The van der Waals surface area contributed by atoms with Crippen molar-refractivity contribution in [2.45, 2.75) is 0 Å². The van der Waals surface area contributed by atoms with E-state index < -0.39 is 0 Å². The van der Waals surface area contributed by atoms with E-state index in [1.54, 1.807) is 41.2 Å². The van der Waals surface area contributed by atoms with Gasteiger partial charge in [0.05, 0.1) is 13.7 Å². The summed E-state index contributed by atoms with van der Waals surface area (Å²) in [5.41, 5.74) is 0.912. The van der Waals surface area contributed by atoms with E-state index in [1.807, 2.05) is 0 Å². The highest BCUT2D eigenvalue weighted by atomic mass is 16.5. The molecule has 0 saturated carbocycles. The van der Waals surface area contributed by atoms with Gasteiger partial charge in [0.25, 0.3) is 11.8 Å². The van der Waals surface area contributed by atoms with Crippen molar-refractivity contribution >= 4 is 17.7 Å². The number of ether oxygens (including phenoxy) is 1. The van der Waals surface area contributed by atoms with E-state index in [9.17, 15) is 19.5 Å². The summed E-state index contributed by atoms with van der Waals surface area (Å²) in [5, 5.41) is 11.8. The molecular formula is C21H23N3O5. The molecule has 0 unspecified atom stereocenters. The number of amides is 3.